The predicted octanol–water partition coefficient (Wildman–Crippen LogP) is 2.45. The molecule has 0 bridgehead atoms. The van der Waals surface area contributed by atoms with Gasteiger partial charge in [-0.3, -0.25) is 0 Å². The Morgan fingerprint density at radius 3 is 2.12 bits per heavy atom. The Kier molecular flexibility index (Phi) is 5.71. The summed E-state index contributed by atoms with van der Waals surface area (Å²) in [6, 6.07) is 0. The number of ether oxygens (including phenoxy) is 3. The van der Waals surface area contributed by atoms with Crippen LogP contribution in [0.4, 0.5) is 4.79 Å². The van der Waals surface area contributed by atoms with E-state index in [0.717, 1.165) is 0 Å². The monoisotopic (exact) mass is 244 g/mol. The number of hydrogen-bond donors (Lipinski definition) is 0. The summed E-state index contributed by atoms with van der Waals surface area (Å²) in [6.45, 7) is 8.56. The van der Waals surface area contributed by atoms with Crippen LogP contribution in [0.15, 0.2) is 11.6 Å². The second kappa shape index (κ2) is 6.27. The van der Waals surface area contributed by atoms with Crippen LogP contribution in [0.5, 0.6) is 0 Å². The Bertz CT molecular complexity index is 311. The van der Waals surface area contributed by atoms with Crippen molar-refractivity contribution in [2.24, 2.45) is 0 Å². The van der Waals surface area contributed by atoms with Crippen molar-refractivity contribution in [3.63, 3.8) is 0 Å². The number of carbonyl (C=O) groups is 2. The van der Waals surface area contributed by atoms with Gasteiger partial charge in [-0.05, 0) is 34.6 Å². The van der Waals surface area contributed by atoms with E-state index < -0.39 is 23.8 Å². The maximum atomic E-state index is 11.8. The normalized spacial score (nSPS) is 13.9. The van der Waals surface area contributed by atoms with Crippen LogP contribution in [0.2, 0.25) is 0 Å². The molecule has 0 aromatic carbocycles. The van der Waals surface area contributed by atoms with Gasteiger partial charge in [-0.1, -0.05) is 6.08 Å². The zero-order valence-electron chi connectivity index (χ0n) is 11.2. The van der Waals surface area contributed by atoms with Gasteiger partial charge in [0.05, 0.1) is 12.7 Å². The molecule has 0 unspecified atom stereocenters. The molecule has 1 atom stereocenters. The van der Waals surface area contributed by atoms with Gasteiger partial charge in [0, 0.05) is 0 Å². The number of methoxy groups -OCH3 is 1. The quantitative estimate of drug-likeness (QED) is 0.563. The van der Waals surface area contributed by atoms with E-state index in [-0.39, 0.29) is 5.57 Å². The van der Waals surface area contributed by atoms with Crippen molar-refractivity contribution < 1.29 is 23.8 Å². The second-order valence-electron chi connectivity index (χ2n) is 4.46. The molecule has 0 radical (unpaired) electrons. The largest absolute Gasteiger partial charge is 0.508 e. The van der Waals surface area contributed by atoms with Gasteiger partial charge < -0.3 is 14.2 Å². The Morgan fingerprint density at radius 2 is 1.76 bits per heavy atom. The van der Waals surface area contributed by atoms with E-state index in [9.17, 15) is 9.59 Å². The molecule has 0 rings (SSSR count). The lowest BCUT2D eigenvalue weighted by Gasteiger charge is -2.22. The van der Waals surface area contributed by atoms with Crippen LogP contribution in [-0.4, -0.2) is 30.9 Å². The predicted molar refractivity (Wildman–Crippen MR) is 62.6 cm³/mol. The minimum absolute atomic E-state index is 0.283. The van der Waals surface area contributed by atoms with Crippen molar-refractivity contribution in [1.82, 2.24) is 0 Å². The van der Waals surface area contributed by atoms with Gasteiger partial charge in [0.1, 0.15) is 11.7 Å². The third-order valence-corrected chi connectivity index (χ3v) is 1.82. The zero-order chi connectivity index (χ0) is 13.6. The highest BCUT2D eigenvalue weighted by Gasteiger charge is 2.25. The van der Waals surface area contributed by atoms with Crippen LogP contribution < -0.4 is 0 Å². The van der Waals surface area contributed by atoms with E-state index in [4.69, 9.17) is 9.47 Å². The molecule has 0 aromatic rings. The first-order valence-electron chi connectivity index (χ1n) is 5.35. The zero-order valence-corrected chi connectivity index (χ0v) is 11.2. The molecule has 0 aliphatic heterocycles. The van der Waals surface area contributed by atoms with Gasteiger partial charge in [-0.2, -0.15) is 0 Å². The molecule has 98 valence electrons. The molecular weight excluding hydrogens is 224 g/mol. The van der Waals surface area contributed by atoms with Crippen molar-refractivity contribution in [1.29, 1.82) is 0 Å². The van der Waals surface area contributed by atoms with Crippen LogP contribution in [0.3, 0.4) is 0 Å². The van der Waals surface area contributed by atoms with Crippen molar-refractivity contribution in [3.05, 3.63) is 11.6 Å². The molecule has 0 spiro atoms. The minimum atomic E-state index is -0.833. The number of allylic oxidation sites excluding steroid dienone is 1. The van der Waals surface area contributed by atoms with E-state index in [1.165, 1.54) is 7.11 Å². The van der Waals surface area contributed by atoms with Crippen molar-refractivity contribution in [2.75, 3.05) is 7.11 Å². The summed E-state index contributed by atoms with van der Waals surface area (Å²) in [5, 5.41) is 0. The number of rotatable bonds is 3. The van der Waals surface area contributed by atoms with Gasteiger partial charge in [0.15, 0.2) is 0 Å². The standard InChI is InChI=1S/C12H20O5/c1-7-9(8(2)16-11(14)15-6)10(13)17-12(3,4)5/h7-8H,1-6H3/b9-7+/t8-/m1/s1. The van der Waals surface area contributed by atoms with Crippen LogP contribution in [0.1, 0.15) is 34.6 Å². The summed E-state index contributed by atoms with van der Waals surface area (Å²) < 4.78 is 14.4. The smallest absolute Gasteiger partial charge is 0.457 e. The summed E-state index contributed by atoms with van der Waals surface area (Å²) >= 11 is 0. The molecule has 0 aliphatic carbocycles. The second-order valence-corrected chi connectivity index (χ2v) is 4.46. The third kappa shape index (κ3) is 5.94. The fourth-order valence-electron chi connectivity index (χ4n) is 1.11. The Morgan fingerprint density at radius 1 is 1.24 bits per heavy atom. The molecule has 0 saturated heterocycles. The highest BCUT2D eigenvalue weighted by atomic mass is 16.7. The maximum Gasteiger partial charge on any atom is 0.508 e. The van der Waals surface area contributed by atoms with Crippen LogP contribution in [-0.2, 0) is 19.0 Å². The van der Waals surface area contributed by atoms with Crippen LogP contribution >= 0.6 is 0 Å². The summed E-state index contributed by atoms with van der Waals surface area (Å²) in [5.74, 6) is -0.503. The molecule has 0 amide bonds. The average molecular weight is 244 g/mol. The third-order valence-electron chi connectivity index (χ3n) is 1.82. The molecule has 17 heavy (non-hydrogen) atoms. The minimum Gasteiger partial charge on any atom is -0.457 e. The summed E-state index contributed by atoms with van der Waals surface area (Å²) in [4.78, 5) is 22.7. The van der Waals surface area contributed by atoms with E-state index in [0.29, 0.717) is 0 Å². The maximum absolute atomic E-state index is 11.8. The van der Waals surface area contributed by atoms with Gasteiger partial charge in [-0.25, -0.2) is 9.59 Å². The molecule has 0 saturated carbocycles. The van der Waals surface area contributed by atoms with Crippen molar-refractivity contribution >= 4 is 12.1 Å². The molecule has 0 N–H and O–H groups in total. The molecule has 0 fully saturated rings. The molecular formula is C12H20O5. The lowest BCUT2D eigenvalue weighted by Crippen LogP contribution is -2.29. The van der Waals surface area contributed by atoms with Crippen molar-refractivity contribution in [2.45, 2.75) is 46.3 Å². The number of carbonyl (C=O) groups excluding carboxylic acids is 2. The SMILES string of the molecule is C/C=C(/C(=O)OC(C)(C)C)[C@@H](C)OC(=O)OC. The molecule has 0 aliphatic rings. The van der Waals surface area contributed by atoms with Gasteiger partial charge in [0.2, 0.25) is 0 Å². The molecule has 0 aromatic heterocycles. The molecule has 5 heteroatoms. The number of esters is 1. The average Bonchev–Trinajstić information content (AvgIpc) is 2.15. The van der Waals surface area contributed by atoms with Gasteiger partial charge in [0.25, 0.3) is 0 Å². The highest BCUT2D eigenvalue weighted by Crippen LogP contribution is 2.15. The first-order chi connectivity index (χ1) is 7.71. The van der Waals surface area contributed by atoms with E-state index >= 15 is 0 Å². The van der Waals surface area contributed by atoms with E-state index in [2.05, 4.69) is 4.74 Å². The first kappa shape index (κ1) is 15.5. The molecule has 0 heterocycles. The fourth-order valence-corrected chi connectivity index (χ4v) is 1.11. The Balaban J connectivity index is 4.63. The van der Waals surface area contributed by atoms with Gasteiger partial charge >= 0.3 is 12.1 Å². The van der Waals surface area contributed by atoms with E-state index in [1.54, 1.807) is 40.7 Å². The number of hydrogen-bond acceptors (Lipinski definition) is 5. The van der Waals surface area contributed by atoms with Crippen molar-refractivity contribution in [3.8, 4) is 0 Å². The summed E-state index contributed by atoms with van der Waals surface area (Å²) in [6.07, 6.45) is 0.0181. The Hall–Kier alpha value is -1.52. The van der Waals surface area contributed by atoms with Gasteiger partial charge in [-0.15, -0.1) is 0 Å². The summed E-state index contributed by atoms with van der Waals surface area (Å²) in [5.41, 5.74) is -0.304. The summed E-state index contributed by atoms with van der Waals surface area (Å²) in [7, 11) is 1.21. The first-order valence-corrected chi connectivity index (χ1v) is 5.35. The highest BCUT2D eigenvalue weighted by molar-refractivity contribution is 5.90. The lowest BCUT2D eigenvalue weighted by atomic mass is 10.1. The van der Waals surface area contributed by atoms with Crippen LogP contribution in [0, 0.1) is 0 Å². The van der Waals surface area contributed by atoms with Crippen LogP contribution in [0.25, 0.3) is 0 Å². The van der Waals surface area contributed by atoms with E-state index in [1.807, 2.05) is 0 Å². The topological polar surface area (TPSA) is 61.8 Å². The molecule has 5 nitrogen and oxygen atoms in total. The lowest BCUT2D eigenvalue weighted by molar-refractivity contribution is -0.151. The Labute approximate surface area is 102 Å². The fraction of sp³-hybridized carbons (Fsp3) is 0.667.